The summed E-state index contributed by atoms with van der Waals surface area (Å²) in [6, 6.07) is 10.3. The lowest BCUT2D eigenvalue weighted by atomic mass is 10.0. The predicted octanol–water partition coefficient (Wildman–Crippen LogP) is 3.65. The third-order valence-corrected chi connectivity index (χ3v) is 4.45. The van der Waals surface area contributed by atoms with Gasteiger partial charge in [0.2, 0.25) is 0 Å². The quantitative estimate of drug-likeness (QED) is 0.667. The number of rotatable bonds is 7. The summed E-state index contributed by atoms with van der Waals surface area (Å²) in [6.07, 6.45) is -5.89. The smallest absolute Gasteiger partial charge is 0.405 e. The van der Waals surface area contributed by atoms with Crippen LogP contribution in [-0.4, -0.2) is 49.5 Å². The van der Waals surface area contributed by atoms with Crippen molar-refractivity contribution in [2.24, 2.45) is 5.10 Å². The molecule has 3 rings (SSSR count). The van der Waals surface area contributed by atoms with Gasteiger partial charge in [-0.05, 0) is 30.3 Å². The molecular formula is C20H18F5N5O. The molecule has 0 spiro atoms. The van der Waals surface area contributed by atoms with E-state index in [0.717, 1.165) is 11.0 Å². The summed E-state index contributed by atoms with van der Waals surface area (Å²) in [6.45, 7) is -2.84. The Kier molecular flexibility index (Phi) is 6.89. The van der Waals surface area contributed by atoms with Crippen LogP contribution in [0.5, 0.6) is 0 Å². The highest BCUT2D eigenvalue weighted by Gasteiger charge is 2.33. The molecule has 2 aromatic rings. The van der Waals surface area contributed by atoms with Gasteiger partial charge in [-0.2, -0.15) is 18.4 Å². The van der Waals surface area contributed by atoms with Gasteiger partial charge < -0.3 is 15.1 Å². The largest absolute Gasteiger partial charge is 0.468 e. The second kappa shape index (κ2) is 9.59. The first kappa shape index (κ1) is 22.3. The fraction of sp³-hybridized carbons (Fsp3) is 0.350. The summed E-state index contributed by atoms with van der Waals surface area (Å²) < 4.78 is 72.2. The zero-order valence-electron chi connectivity index (χ0n) is 16.1. The first-order valence-corrected chi connectivity index (χ1v) is 9.25. The topological polar surface area (TPSA) is 73.5 Å². The Bertz CT molecular complexity index is 961. The molecule has 2 unspecified atom stereocenters. The van der Waals surface area contributed by atoms with Gasteiger partial charge in [-0.1, -0.05) is 6.07 Å². The number of hydrogen-bond donors (Lipinski definition) is 1. The van der Waals surface area contributed by atoms with Crippen LogP contribution in [0.15, 0.2) is 47.7 Å². The monoisotopic (exact) mass is 439 g/mol. The van der Waals surface area contributed by atoms with Gasteiger partial charge in [-0.25, -0.2) is 8.78 Å². The second-order valence-electron chi connectivity index (χ2n) is 6.73. The van der Waals surface area contributed by atoms with Crippen LogP contribution in [0.3, 0.4) is 0 Å². The Balaban J connectivity index is 1.85. The average Bonchev–Trinajstić information content (AvgIpc) is 2.77. The average molecular weight is 439 g/mol. The SMILES string of the molecule is N#Cc1ccc(N(CC2CNN=C(c3ccccn3)O2)CC(F)(F)F)cc1C(F)CF. The maximum atomic E-state index is 14.0. The summed E-state index contributed by atoms with van der Waals surface area (Å²) >= 11 is 0. The minimum absolute atomic E-state index is 0.00655. The molecule has 0 saturated carbocycles. The van der Waals surface area contributed by atoms with E-state index < -0.39 is 31.7 Å². The van der Waals surface area contributed by atoms with Crippen LogP contribution >= 0.6 is 0 Å². The summed E-state index contributed by atoms with van der Waals surface area (Å²) in [5.74, 6) is 0.130. The molecule has 0 bridgehead atoms. The standard InChI is InChI=1S/C20H18F5N5O/c21-8-17(22)16-7-14(5-4-13(16)9-26)30(12-20(23,24)25)11-15-10-28-29-19(31-15)18-3-1-2-6-27-18/h1-7,15,17,28H,8,10-12H2. The number of halogens is 5. The number of hydrogen-bond acceptors (Lipinski definition) is 6. The molecule has 0 aliphatic carbocycles. The van der Waals surface area contributed by atoms with Gasteiger partial charge in [-0.15, -0.1) is 5.10 Å². The van der Waals surface area contributed by atoms with E-state index in [1.54, 1.807) is 24.3 Å². The Hall–Kier alpha value is -3.42. The number of nitrogens with zero attached hydrogens (tertiary/aromatic N) is 4. The van der Waals surface area contributed by atoms with Crippen LogP contribution in [0.4, 0.5) is 27.6 Å². The predicted molar refractivity (Wildman–Crippen MR) is 103 cm³/mol. The molecule has 0 radical (unpaired) electrons. The maximum Gasteiger partial charge on any atom is 0.405 e. The fourth-order valence-corrected chi connectivity index (χ4v) is 3.07. The number of hydrazone groups is 1. The molecule has 164 valence electrons. The Morgan fingerprint density at radius 1 is 1.29 bits per heavy atom. The number of aromatic nitrogens is 1. The van der Waals surface area contributed by atoms with Gasteiger partial charge in [-0.3, -0.25) is 4.98 Å². The molecule has 0 amide bonds. The van der Waals surface area contributed by atoms with Crippen molar-refractivity contribution < 1.29 is 26.7 Å². The Morgan fingerprint density at radius 3 is 2.74 bits per heavy atom. The van der Waals surface area contributed by atoms with Crippen LogP contribution in [0.2, 0.25) is 0 Å². The number of pyridine rings is 1. The van der Waals surface area contributed by atoms with Gasteiger partial charge in [0.1, 0.15) is 25.0 Å². The molecule has 0 saturated heterocycles. The van der Waals surface area contributed by atoms with E-state index in [9.17, 15) is 22.0 Å². The van der Waals surface area contributed by atoms with Crippen molar-refractivity contribution in [3.63, 3.8) is 0 Å². The summed E-state index contributed by atoms with van der Waals surface area (Å²) in [5.41, 5.74) is 2.69. The van der Waals surface area contributed by atoms with E-state index in [4.69, 9.17) is 10.00 Å². The summed E-state index contributed by atoms with van der Waals surface area (Å²) in [7, 11) is 0. The van der Waals surface area contributed by atoms with E-state index in [0.29, 0.717) is 5.69 Å². The van der Waals surface area contributed by atoms with Crippen molar-refractivity contribution in [2.75, 3.05) is 31.2 Å². The van der Waals surface area contributed by atoms with Crippen LogP contribution in [0, 0.1) is 11.3 Å². The van der Waals surface area contributed by atoms with Crippen molar-refractivity contribution >= 4 is 11.6 Å². The zero-order valence-corrected chi connectivity index (χ0v) is 16.1. The molecule has 1 N–H and O–H groups in total. The number of alkyl halides is 5. The Morgan fingerprint density at radius 2 is 2.10 bits per heavy atom. The van der Waals surface area contributed by atoms with Crippen LogP contribution in [0.25, 0.3) is 0 Å². The molecule has 1 aromatic carbocycles. The zero-order chi connectivity index (χ0) is 22.4. The van der Waals surface area contributed by atoms with E-state index in [1.807, 2.05) is 0 Å². The molecule has 31 heavy (non-hydrogen) atoms. The first-order valence-electron chi connectivity index (χ1n) is 9.25. The van der Waals surface area contributed by atoms with Crippen molar-refractivity contribution in [2.45, 2.75) is 18.5 Å². The number of nitrogens with one attached hydrogen (secondary N) is 1. The van der Waals surface area contributed by atoms with Crippen molar-refractivity contribution in [3.8, 4) is 6.07 Å². The van der Waals surface area contributed by atoms with Gasteiger partial charge in [0, 0.05) is 17.4 Å². The molecule has 6 nitrogen and oxygen atoms in total. The van der Waals surface area contributed by atoms with Gasteiger partial charge in [0.25, 0.3) is 5.90 Å². The molecule has 11 heteroatoms. The van der Waals surface area contributed by atoms with Gasteiger partial charge in [0.05, 0.1) is 24.7 Å². The number of nitriles is 1. The number of anilines is 1. The van der Waals surface area contributed by atoms with Gasteiger partial charge in [0.15, 0.2) is 6.17 Å². The Labute approximate surface area is 174 Å². The third-order valence-electron chi connectivity index (χ3n) is 4.45. The highest BCUT2D eigenvalue weighted by atomic mass is 19.4. The summed E-state index contributed by atoms with van der Waals surface area (Å²) in [4.78, 5) is 5.04. The molecule has 0 fully saturated rings. The highest BCUT2D eigenvalue weighted by molar-refractivity contribution is 5.92. The molecule has 2 heterocycles. The van der Waals surface area contributed by atoms with Crippen LogP contribution < -0.4 is 10.3 Å². The lowest BCUT2D eigenvalue weighted by Crippen LogP contribution is -2.46. The van der Waals surface area contributed by atoms with E-state index in [1.165, 1.54) is 18.3 Å². The van der Waals surface area contributed by atoms with Crippen molar-refractivity contribution in [3.05, 3.63) is 59.4 Å². The van der Waals surface area contributed by atoms with Crippen LogP contribution in [-0.2, 0) is 4.74 Å². The molecule has 1 aliphatic rings. The molecule has 2 atom stereocenters. The van der Waals surface area contributed by atoms with Gasteiger partial charge >= 0.3 is 6.18 Å². The lowest BCUT2D eigenvalue weighted by molar-refractivity contribution is -0.120. The van der Waals surface area contributed by atoms with Crippen LogP contribution in [0.1, 0.15) is 23.0 Å². The third kappa shape index (κ3) is 5.81. The molecular weight excluding hydrogens is 421 g/mol. The number of benzene rings is 1. The minimum Gasteiger partial charge on any atom is -0.468 e. The maximum absolute atomic E-state index is 14.0. The molecule has 1 aromatic heterocycles. The minimum atomic E-state index is -4.57. The van der Waals surface area contributed by atoms with E-state index >= 15 is 0 Å². The van der Waals surface area contributed by atoms with Crippen molar-refractivity contribution in [1.82, 2.24) is 10.4 Å². The molecule has 1 aliphatic heterocycles. The van der Waals surface area contributed by atoms with E-state index in [-0.39, 0.29) is 35.8 Å². The highest BCUT2D eigenvalue weighted by Crippen LogP contribution is 2.29. The first-order chi connectivity index (χ1) is 14.8. The fourth-order valence-electron chi connectivity index (χ4n) is 3.07. The second-order valence-corrected chi connectivity index (χ2v) is 6.73. The number of ether oxygens (including phenoxy) is 1. The lowest BCUT2D eigenvalue weighted by Gasteiger charge is -2.32. The summed E-state index contributed by atoms with van der Waals surface area (Å²) in [5, 5.41) is 13.1. The van der Waals surface area contributed by atoms with Crippen molar-refractivity contribution in [1.29, 1.82) is 5.26 Å². The van der Waals surface area contributed by atoms with E-state index in [2.05, 4.69) is 15.5 Å². The normalized spacial score (nSPS) is 17.0.